The van der Waals surface area contributed by atoms with E-state index in [-0.39, 0.29) is 6.03 Å². The van der Waals surface area contributed by atoms with Crippen molar-refractivity contribution in [2.75, 3.05) is 11.9 Å². The van der Waals surface area contributed by atoms with Gasteiger partial charge in [0.2, 0.25) is 0 Å². The van der Waals surface area contributed by atoms with Crippen LogP contribution in [-0.4, -0.2) is 12.6 Å². The van der Waals surface area contributed by atoms with Crippen molar-refractivity contribution in [2.24, 2.45) is 0 Å². The molecule has 0 spiro atoms. The van der Waals surface area contributed by atoms with Gasteiger partial charge in [-0.1, -0.05) is 38.1 Å². The smallest absolute Gasteiger partial charge is 0.319 e. The van der Waals surface area contributed by atoms with Crippen LogP contribution in [0.1, 0.15) is 37.8 Å². The van der Waals surface area contributed by atoms with Crippen molar-refractivity contribution in [3.63, 3.8) is 0 Å². The monoisotopic (exact) mass is 312 g/mol. The summed E-state index contributed by atoms with van der Waals surface area (Å²) < 4.78 is 5.39. The standard InChI is InChI=1S/C19H24N2O2/c1-4-23-18-11-5-15(6-12-18)13-20-19(22)21-17-9-7-16(8-10-17)14(2)3/h5-12,14H,4,13H2,1-3H3,(H2,20,21,22). The number of amides is 2. The molecule has 4 nitrogen and oxygen atoms in total. The average molecular weight is 312 g/mol. The Morgan fingerprint density at radius 1 is 1.04 bits per heavy atom. The summed E-state index contributed by atoms with van der Waals surface area (Å²) >= 11 is 0. The molecule has 2 N–H and O–H groups in total. The van der Waals surface area contributed by atoms with E-state index < -0.39 is 0 Å². The highest BCUT2D eigenvalue weighted by Gasteiger charge is 2.03. The van der Waals surface area contributed by atoms with Gasteiger partial charge < -0.3 is 15.4 Å². The SMILES string of the molecule is CCOc1ccc(CNC(=O)Nc2ccc(C(C)C)cc2)cc1. The first-order valence-electron chi connectivity index (χ1n) is 7.95. The molecule has 23 heavy (non-hydrogen) atoms. The fraction of sp³-hybridized carbons (Fsp3) is 0.316. The molecule has 0 bridgehead atoms. The lowest BCUT2D eigenvalue weighted by Crippen LogP contribution is -2.28. The minimum Gasteiger partial charge on any atom is -0.494 e. The molecular formula is C19H24N2O2. The van der Waals surface area contributed by atoms with Gasteiger partial charge in [0, 0.05) is 12.2 Å². The van der Waals surface area contributed by atoms with Crippen LogP contribution >= 0.6 is 0 Å². The Morgan fingerprint density at radius 2 is 1.70 bits per heavy atom. The first-order valence-corrected chi connectivity index (χ1v) is 7.95. The largest absolute Gasteiger partial charge is 0.494 e. The summed E-state index contributed by atoms with van der Waals surface area (Å²) in [5.74, 6) is 1.32. The number of carbonyl (C=O) groups excluding carboxylic acids is 1. The van der Waals surface area contributed by atoms with Gasteiger partial charge in [-0.15, -0.1) is 0 Å². The van der Waals surface area contributed by atoms with E-state index in [1.807, 2.05) is 55.5 Å². The third-order valence-electron chi connectivity index (χ3n) is 3.52. The maximum absolute atomic E-state index is 11.9. The van der Waals surface area contributed by atoms with Crippen molar-refractivity contribution in [3.8, 4) is 5.75 Å². The Labute approximate surface area is 137 Å². The number of nitrogens with one attached hydrogen (secondary N) is 2. The zero-order valence-electron chi connectivity index (χ0n) is 13.9. The Morgan fingerprint density at radius 3 is 2.26 bits per heavy atom. The molecule has 0 atom stereocenters. The Kier molecular flexibility index (Phi) is 6.03. The van der Waals surface area contributed by atoms with Crippen LogP contribution in [-0.2, 0) is 6.54 Å². The highest BCUT2D eigenvalue weighted by Crippen LogP contribution is 2.17. The van der Waals surface area contributed by atoms with Crippen LogP contribution in [0.4, 0.5) is 10.5 Å². The van der Waals surface area contributed by atoms with Crippen molar-refractivity contribution < 1.29 is 9.53 Å². The molecule has 2 aromatic carbocycles. The second-order valence-electron chi connectivity index (χ2n) is 5.66. The lowest BCUT2D eigenvalue weighted by molar-refractivity contribution is 0.251. The highest BCUT2D eigenvalue weighted by atomic mass is 16.5. The van der Waals surface area contributed by atoms with E-state index in [9.17, 15) is 4.79 Å². The number of benzene rings is 2. The van der Waals surface area contributed by atoms with Crippen LogP contribution in [0.5, 0.6) is 5.75 Å². The number of ether oxygens (including phenoxy) is 1. The predicted molar refractivity (Wildman–Crippen MR) is 94.0 cm³/mol. The van der Waals surface area contributed by atoms with Gasteiger partial charge in [-0.05, 0) is 48.2 Å². The van der Waals surface area contributed by atoms with Gasteiger partial charge in [0.05, 0.1) is 6.61 Å². The highest BCUT2D eigenvalue weighted by molar-refractivity contribution is 5.89. The van der Waals surface area contributed by atoms with Gasteiger partial charge >= 0.3 is 6.03 Å². The summed E-state index contributed by atoms with van der Waals surface area (Å²) in [5.41, 5.74) is 3.07. The van der Waals surface area contributed by atoms with Crippen molar-refractivity contribution in [3.05, 3.63) is 59.7 Å². The van der Waals surface area contributed by atoms with Gasteiger partial charge in [-0.3, -0.25) is 0 Å². The summed E-state index contributed by atoms with van der Waals surface area (Å²) in [7, 11) is 0. The quantitative estimate of drug-likeness (QED) is 0.823. The molecular weight excluding hydrogens is 288 g/mol. The summed E-state index contributed by atoms with van der Waals surface area (Å²) in [6.45, 7) is 7.36. The average Bonchev–Trinajstić information content (AvgIpc) is 2.55. The summed E-state index contributed by atoms with van der Waals surface area (Å²) in [4.78, 5) is 11.9. The summed E-state index contributed by atoms with van der Waals surface area (Å²) in [6, 6.07) is 15.4. The van der Waals surface area contributed by atoms with Gasteiger partial charge in [-0.2, -0.15) is 0 Å². The van der Waals surface area contributed by atoms with Crippen LogP contribution in [0.15, 0.2) is 48.5 Å². The van der Waals surface area contributed by atoms with Gasteiger partial charge in [0.15, 0.2) is 0 Å². The third-order valence-corrected chi connectivity index (χ3v) is 3.52. The van der Waals surface area contributed by atoms with Gasteiger partial charge in [-0.25, -0.2) is 4.79 Å². The van der Waals surface area contributed by atoms with Crippen molar-refractivity contribution in [1.29, 1.82) is 0 Å². The van der Waals surface area contributed by atoms with Crippen molar-refractivity contribution in [1.82, 2.24) is 5.32 Å². The number of anilines is 1. The second-order valence-corrected chi connectivity index (χ2v) is 5.66. The van der Waals surface area contributed by atoms with E-state index in [2.05, 4.69) is 24.5 Å². The minimum atomic E-state index is -0.212. The predicted octanol–water partition coefficient (Wildman–Crippen LogP) is 4.53. The molecule has 0 radical (unpaired) electrons. The maximum atomic E-state index is 11.9. The zero-order valence-corrected chi connectivity index (χ0v) is 13.9. The molecule has 2 aromatic rings. The number of hydrogen-bond donors (Lipinski definition) is 2. The maximum Gasteiger partial charge on any atom is 0.319 e. The zero-order chi connectivity index (χ0) is 16.7. The molecule has 0 heterocycles. The molecule has 0 aliphatic rings. The second kappa shape index (κ2) is 8.22. The van der Waals surface area contributed by atoms with Crippen LogP contribution < -0.4 is 15.4 Å². The Bertz CT molecular complexity index is 619. The normalized spacial score (nSPS) is 10.4. The molecule has 0 saturated heterocycles. The Hall–Kier alpha value is -2.49. The van der Waals surface area contributed by atoms with Gasteiger partial charge in [0.25, 0.3) is 0 Å². The van der Waals surface area contributed by atoms with E-state index in [4.69, 9.17) is 4.74 Å². The molecule has 122 valence electrons. The lowest BCUT2D eigenvalue weighted by atomic mass is 10.0. The van der Waals surface area contributed by atoms with Crippen molar-refractivity contribution >= 4 is 11.7 Å². The first kappa shape index (κ1) is 16.9. The van der Waals surface area contributed by atoms with Gasteiger partial charge in [0.1, 0.15) is 5.75 Å². The fourth-order valence-electron chi connectivity index (χ4n) is 2.18. The molecule has 0 aliphatic carbocycles. The van der Waals surface area contributed by atoms with E-state index in [0.29, 0.717) is 19.1 Å². The van der Waals surface area contributed by atoms with E-state index in [1.165, 1.54) is 5.56 Å². The van der Waals surface area contributed by atoms with E-state index in [0.717, 1.165) is 17.0 Å². The molecule has 4 heteroatoms. The van der Waals surface area contributed by atoms with E-state index >= 15 is 0 Å². The summed E-state index contributed by atoms with van der Waals surface area (Å²) in [5, 5.41) is 5.68. The molecule has 0 aliphatic heterocycles. The summed E-state index contributed by atoms with van der Waals surface area (Å²) in [6.07, 6.45) is 0. The van der Waals surface area contributed by atoms with Crippen LogP contribution in [0, 0.1) is 0 Å². The fourth-order valence-corrected chi connectivity index (χ4v) is 2.18. The first-order chi connectivity index (χ1) is 11.1. The molecule has 2 rings (SSSR count). The number of hydrogen-bond acceptors (Lipinski definition) is 2. The van der Waals surface area contributed by atoms with Crippen LogP contribution in [0.3, 0.4) is 0 Å². The minimum absolute atomic E-state index is 0.212. The number of urea groups is 1. The topological polar surface area (TPSA) is 50.4 Å². The molecule has 0 unspecified atom stereocenters. The molecule has 0 fully saturated rings. The van der Waals surface area contributed by atoms with Crippen LogP contribution in [0.25, 0.3) is 0 Å². The third kappa shape index (κ3) is 5.33. The lowest BCUT2D eigenvalue weighted by Gasteiger charge is -2.10. The number of carbonyl (C=O) groups is 1. The number of rotatable bonds is 6. The molecule has 0 saturated carbocycles. The molecule has 2 amide bonds. The van der Waals surface area contributed by atoms with E-state index in [1.54, 1.807) is 0 Å². The van der Waals surface area contributed by atoms with Crippen LogP contribution in [0.2, 0.25) is 0 Å². The molecule has 0 aromatic heterocycles. The van der Waals surface area contributed by atoms with Crippen molar-refractivity contribution in [2.45, 2.75) is 33.2 Å². The Balaban J connectivity index is 1.82.